The van der Waals surface area contributed by atoms with Crippen LogP contribution in [0, 0.1) is 5.92 Å². The van der Waals surface area contributed by atoms with Gasteiger partial charge in [-0.1, -0.05) is 6.92 Å². The van der Waals surface area contributed by atoms with E-state index in [4.69, 9.17) is 5.11 Å². The first-order valence-electron chi connectivity index (χ1n) is 4.00. The molecule has 0 aromatic rings. The lowest BCUT2D eigenvalue weighted by atomic mass is 9.91. The molecule has 2 unspecified atom stereocenters. The van der Waals surface area contributed by atoms with Crippen molar-refractivity contribution in [2.75, 3.05) is 0 Å². The van der Waals surface area contributed by atoms with E-state index < -0.39 is 11.9 Å². The van der Waals surface area contributed by atoms with Crippen LogP contribution >= 0.6 is 0 Å². The van der Waals surface area contributed by atoms with Crippen LogP contribution in [0.5, 0.6) is 0 Å². The van der Waals surface area contributed by atoms with E-state index in [1.165, 1.54) is 6.92 Å². The van der Waals surface area contributed by atoms with Gasteiger partial charge >= 0.3 is 0 Å². The van der Waals surface area contributed by atoms with Crippen LogP contribution in [0.4, 0.5) is 0 Å². The van der Waals surface area contributed by atoms with Crippen LogP contribution in [0.25, 0.3) is 0 Å². The molecule has 0 heterocycles. The van der Waals surface area contributed by atoms with Gasteiger partial charge in [0, 0.05) is 5.92 Å². The Morgan fingerprint density at radius 1 is 1.36 bits per heavy atom. The van der Waals surface area contributed by atoms with E-state index in [-0.39, 0.29) is 5.92 Å². The number of hydrogen-bond acceptors (Lipinski definition) is 3. The quantitative estimate of drug-likeness (QED) is 0.527. The molecule has 0 amide bonds. The second-order valence-electron chi connectivity index (χ2n) is 3.28. The van der Waals surface area contributed by atoms with Gasteiger partial charge in [-0.25, -0.2) is 0 Å². The maximum atomic E-state index is 9.17. The van der Waals surface area contributed by atoms with Gasteiger partial charge in [0.25, 0.3) is 0 Å². The maximum Gasteiger partial charge on any atom is 0.162 e. The topological polar surface area (TPSA) is 60.7 Å². The average Bonchev–Trinajstić information content (AvgIpc) is 1.79. The highest BCUT2D eigenvalue weighted by atomic mass is 16.5. The SMILES string of the molecule is CCC(CC(C)O)C(C)(O)O. The van der Waals surface area contributed by atoms with Crippen molar-refractivity contribution < 1.29 is 15.3 Å². The second kappa shape index (κ2) is 4.04. The molecular weight excluding hydrogens is 144 g/mol. The molecule has 0 bridgehead atoms. The predicted molar refractivity (Wildman–Crippen MR) is 42.9 cm³/mol. The summed E-state index contributed by atoms with van der Waals surface area (Å²) < 4.78 is 0. The van der Waals surface area contributed by atoms with Gasteiger partial charge in [0.15, 0.2) is 5.79 Å². The highest BCUT2D eigenvalue weighted by Gasteiger charge is 2.28. The zero-order valence-electron chi connectivity index (χ0n) is 7.41. The summed E-state index contributed by atoms with van der Waals surface area (Å²) in [4.78, 5) is 0. The molecule has 11 heavy (non-hydrogen) atoms. The smallest absolute Gasteiger partial charge is 0.162 e. The molecule has 0 rings (SSSR count). The molecule has 0 aliphatic heterocycles. The molecule has 0 radical (unpaired) electrons. The first-order chi connectivity index (χ1) is 4.88. The van der Waals surface area contributed by atoms with Gasteiger partial charge in [0.1, 0.15) is 0 Å². The number of aliphatic hydroxyl groups is 3. The van der Waals surface area contributed by atoms with Crippen molar-refractivity contribution in [3.63, 3.8) is 0 Å². The zero-order chi connectivity index (χ0) is 9.07. The van der Waals surface area contributed by atoms with Crippen molar-refractivity contribution in [1.82, 2.24) is 0 Å². The summed E-state index contributed by atoms with van der Waals surface area (Å²) >= 11 is 0. The van der Waals surface area contributed by atoms with Crippen molar-refractivity contribution in [3.8, 4) is 0 Å². The fourth-order valence-corrected chi connectivity index (χ4v) is 1.19. The van der Waals surface area contributed by atoms with Crippen molar-refractivity contribution in [3.05, 3.63) is 0 Å². The minimum Gasteiger partial charge on any atom is -0.393 e. The second-order valence-corrected chi connectivity index (χ2v) is 3.28. The van der Waals surface area contributed by atoms with Crippen LogP contribution in [-0.2, 0) is 0 Å². The summed E-state index contributed by atoms with van der Waals surface area (Å²) in [6, 6.07) is 0. The summed E-state index contributed by atoms with van der Waals surface area (Å²) in [5, 5.41) is 27.3. The number of aliphatic hydroxyl groups excluding tert-OH is 1. The van der Waals surface area contributed by atoms with Crippen LogP contribution in [0.2, 0.25) is 0 Å². The first-order valence-corrected chi connectivity index (χ1v) is 4.00. The van der Waals surface area contributed by atoms with E-state index in [1.54, 1.807) is 6.92 Å². The summed E-state index contributed by atoms with van der Waals surface area (Å²) in [6.07, 6.45) is 0.618. The Kier molecular flexibility index (Phi) is 4.00. The average molecular weight is 162 g/mol. The highest BCUT2D eigenvalue weighted by molar-refractivity contribution is 4.71. The van der Waals surface area contributed by atoms with E-state index in [0.717, 1.165) is 0 Å². The fraction of sp³-hybridized carbons (Fsp3) is 1.00. The van der Waals surface area contributed by atoms with Crippen LogP contribution in [0.1, 0.15) is 33.6 Å². The van der Waals surface area contributed by atoms with Crippen LogP contribution in [-0.4, -0.2) is 27.2 Å². The molecule has 0 fully saturated rings. The van der Waals surface area contributed by atoms with Crippen molar-refractivity contribution in [1.29, 1.82) is 0 Å². The molecule has 3 heteroatoms. The van der Waals surface area contributed by atoms with Gasteiger partial charge in [-0.05, 0) is 26.7 Å². The molecule has 0 aromatic heterocycles. The monoisotopic (exact) mass is 162 g/mol. The summed E-state index contributed by atoms with van der Waals surface area (Å²) in [6.45, 7) is 4.87. The molecule has 0 aliphatic rings. The summed E-state index contributed by atoms with van der Waals surface area (Å²) in [5.74, 6) is -1.91. The third-order valence-electron chi connectivity index (χ3n) is 1.89. The van der Waals surface area contributed by atoms with E-state index >= 15 is 0 Å². The Morgan fingerprint density at radius 2 is 1.82 bits per heavy atom. The summed E-state index contributed by atoms with van der Waals surface area (Å²) in [7, 11) is 0. The van der Waals surface area contributed by atoms with Gasteiger partial charge in [0.05, 0.1) is 6.10 Å². The molecule has 3 nitrogen and oxygen atoms in total. The van der Waals surface area contributed by atoms with Crippen molar-refractivity contribution in [2.45, 2.75) is 45.5 Å². The predicted octanol–water partition coefficient (Wildman–Crippen LogP) is 0.484. The van der Waals surface area contributed by atoms with Gasteiger partial charge < -0.3 is 15.3 Å². The van der Waals surface area contributed by atoms with Crippen molar-refractivity contribution >= 4 is 0 Å². The Morgan fingerprint density at radius 3 is 1.91 bits per heavy atom. The van der Waals surface area contributed by atoms with Crippen LogP contribution in [0.15, 0.2) is 0 Å². The number of rotatable bonds is 4. The third kappa shape index (κ3) is 4.35. The van der Waals surface area contributed by atoms with E-state index in [1.807, 2.05) is 6.92 Å². The molecule has 0 aliphatic carbocycles. The molecular formula is C8H18O3. The van der Waals surface area contributed by atoms with Gasteiger partial charge in [-0.3, -0.25) is 0 Å². The molecule has 0 spiro atoms. The normalized spacial score (nSPS) is 18.0. The molecule has 2 atom stereocenters. The minimum absolute atomic E-state index is 0.248. The fourth-order valence-electron chi connectivity index (χ4n) is 1.19. The largest absolute Gasteiger partial charge is 0.393 e. The number of hydrogen-bond donors (Lipinski definition) is 3. The molecule has 0 saturated carbocycles. The van der Waals surface area contributed by atoms with E-state index in [9.17, 15) is 10.2 Å². The summed E-state index contributed by atoms with van der Waals surface area (Å²) in [5.41, 5.74) is 0. The maximum absolute atomic E-state index is 9.17. The van der Waals surface area contributed by atoms with E-state index in [0.29, 0.717) is 12.8 Å². The molecule has 3 N–H and O–H groups in total. The van der Waals surface area contributed by atoms with Crippen LogP contribution < -0.4 is 0 Å². The van der Waals surface area contributed by atoms with Crippen LogP contribution in [0.3, 0.4) is 0 Å². The zero-order valence-corrected chi connectivity index (χ0v) is 7.41. The van der Waals surface area contributed by atoms with Crippen molar-refractivity contribution in [2.24, 2.45) is 5.92 Å². The third-order valence-corrected chi connectivity index (χ3v) is 1.89. The van der Waals surface area contributed by atoms with E-state index in [2.05, 4.69) is 0 Å². The Bertz CT molecular complexity index is 104. The molecule has 68 valence electrons. The van der Waals surface area contributed by atoms with Gasteiger partial charge in [-0.15, -0.1) is 0 Å². The lowest BCUT2D eigenvalue weighted by Crippen LogP contribution is -2.35. The highest BCUT2D eigenvalue weighted by Crippen LogP contribution is 2.22. The van der Waals surface area contributed by atoms with Gasteiger partial charge in [-0.2, -0.15) is 0 Å². The minimum atomic E-state index is -1.66. The first kappa shape index (κ1) is 10.9. The Labute approximate surface area is 67.7 Å². The Balaban J connectivity index is 3.96. The van der Waals surface area contributed by atoms with Gasteiger partial charge in [0.2, 0.25) is 0 Å². The molecule has 0 aromatic carbocycles. The Hall–Kier alpha value is -0.120. The standard InChI is InChI=1S/C8H18O3/c1-4-7(5-6(2)9)8(3,10)11/h6-7,9-11H,4-5H2,1-3H3. The lowest BCUT2D eigenvalue weighted by molar-refractivity contribution is -0.191. The molecule has 0 saturated heterocycles. The lowest BCUT2D eigenvalue weighted by Gasteiger charge is -2.27.